The summed E-state index contributed by atoms with van der Waals surface area (Å²) in [6.45, 7) is 4.22. The van der Waals surface area contributed by atoms with Crippen LogP contribution in [0.15, 0.2) is 44.4 Å². The first kappa shape index (κ1) is 17.2. The molecular weight excluding hydrogens is 360 g/mol. The molecule has 0 amide bonds. The van der Waals surface area contributed by atoms with Gasteiger partial charge in [-0.15, -0.1) is 0 Å². The second kappa shape index (κ2) is 7.23. The first-order valence-corrected chi connectivity index (χ1v) is 9.69. The van der Waals surface area contributed by atoms with Gasteiger partial charge in [-0.1, -0.05) is 5.16 Å². The van der Waals surface area contributed by atoms with Crippen LogP contribution in [0.4, 0.5) is 5.69 Å². The zero-order valence-electron chi connectivity index (χ0n) is 15.5. The van der Waals surface area contributed by atoms with E-state index >= 15 is 0 Å². The molecule has 2 aliphatic heterocycles. The minimum atomic E-state index is -0.0332. The molecule has 0 aromatic carbocycles. The highest BCUT2D eigenvalue weighted by atomic mass is 16.5. The lowest BCUT2D eigenvalue weighted by atomic mass is 10.1. The van der Waals surface area contributed by atoms with Crippen molar-refractivity contribution in [1.82, 2.24) is 24.8 Å². The van der Waals surface area contributed by atoms with Crippen molar-refractivity contribution in [3.8, 4) is 11.6 Å². The van der Waals surface area contributed by atoms with Crippen LogP contribution in [-0.4, -0.2) is 51.0 Å². The van der Waals surface area contributed by atoms with Crippen LogP contribution < -0.4 is 10.5 Å². The number of nitrogens with zero attached hydrogens (tertiary/aromatic N) is 6. The van der Waals surface area contributed by atoms with E-state index in [4.69, 9.17) is 8.94 Å². The number of anilines is 1. The van der Waals surface area contributed by atoms with Gasteiger partial charge in [-0.25, -0.2) is 4.68 Å². The number of likely N-dealkylation sites (tertiary alicyclic amines) is 1. The molecule has 28 heavy (non-hydrogen) atoms. The lowest BCUT2D eigenvalue weighted by Crippen LogP contribution is -2.41. The highest BCUT2D eigenvalue weighted by Crippen LogP contribution is 2.23. The zero-order chi connectivity index (χ0) is 18.9. The van der Waals surface area contributed by atoms with Crippen molar-refractivity contribution < 1.29 is 8.94 Å². The van der Waals surface area contributed by atoms with Gasteiger partial charge in [-0.05, 0) is 37.9 Å². The topological polar surface area (TPSA) is 93.4 Å². The van der Waals surface area contributed by atoms with Crippen LogP contribution in [0.5, 0.6) is 0 Å². The van der Waals surface area contributed by atoms with Gasteiger partial charge in [0.05, 0.1) is 30.7 Å². The summed E-state index contributed by atoms with van der Waals surface area (Å²) in [4.78, 5) is 21.4. The molecule has 3 aromatic heterocycles. The van der Waals surface area contributed by atoms with E-state index in [9.17, 15) is 4.79 Å². The molecule has 0 aliphatic carbocycles. The van der Waals surface area contributed by atoms with E-state index in [2.05, 4.69) is 25.0 Å². The van der Waals surface area contributed by atoms with Gasteiger partial charge in [0.2, 0.25) is 11.7 Å². The molecular formula is C19H22N6O3. The van der Waals surface area contributed by atoms with Crippen LogP contribution >= 0.6 is 0 Å². The van der Waals surface area contributed by atoms with Gasteiger partial charge in [-0.2, -0.15) is 10.1 Å². The first-order chi connectivity index (χ1) is 13.8. The van der Waals surface area contributed by atoms with Gasteiger partial charge in [-0.3, -0.25) is 9.69 Å². The molecule has 9 nitrogen and oxygen atoms in total. The Hall–Kier alpha value is -2.94. The Morgan fingerprint density at radius 3 is 2.89 bits per heavy atom. The standard InChI is InChI=1S/C19H22N6O3/c26-18-10-15(24-7-3-8-24)11-20-25(18)14-4-1-6-23(12-14)13-17-21-19(22-28-17)16-5-2-9-27-16/h2,5,9-11,14H,1,3-4,6-8,12-13H2/t14-/m1/s1. The molecule has 0 saturated carbocycles. The summed E-state index contributed by atoms with van der Waals surface area (Å²) in [5.74, 6) is 1.58. The molecule has 0 unspecified atom stereocenters. The zero-order valence-corrected chi connectivity index (χ0v) is 15.5. The van der Waals surface area contributed by atoms with Gasteiger partial charge < -0.3 is 13.8 Å². The SMILES string of the molecule is O=c1cc(N2CCC2)cnn1[C@@H]1CCCN(Cc2nc(-c3ccco3)no2)C1. The van der Waals surface area contributed by atoms with Crippen LogP contribution in [-0.2, 0) is 6.54 Å². The van der Waals surface area contributed by atoms with Crippen molar-refractivity contribution >= 4 is 5.69 Å². The van der Waals surface area contributed by atoms with Crippen molar-refractivity contribution in [2.75, 3.05) is 31.1 Å². The highest BCUT2D eigenvalue weighted by molar-refractivity contribution is 5.45. The Bertz CT molecular complexity index is 991. The number of rotatable bonds is 5. The fourth-order valence-electron chi connectivity index (χ4n) is 3.82. The van der Waals surface area contributed by atoms with Gasteiger partial charge in [0.25, 0.3) is 5.56 Å². The summed E-state index contributed by atoms with van der Waals surface area (Å²) in [7, 11) is 0. The van der Waals surface area contributed by atoms with Crippen LogP contribution in [0.25, 0.3) is 11.6 Å². The van der Waals surface area contributed by atoms with Crippen molar-refractivity contribution in [1.29, 1.82) is 0 Å². The molecule has 0 radical (unpaired) electrons. The molecule has 0 N–H and O–H groups in total. The molecule has 2 aliphatic rings. The van der Waals surface area contributed by atoms with E-state index in [0.717, 1.165) is 44.7 Å². The third-order valence-corrected chi connectivity index (χ3v) is 5.43. The smallest absolute Gasteiger partial charge is 0.269 e. The Labute approximate surface area is 161 Å². The summed E-state index contributed by atoms with van der Waals surface area (Å²) in [6.07, 6.45) is 6.50. The Morgan fingerprint density at radius 2 is 2.14 bits per heavy atom. The average molecular weight is 382 g/mol. The summed E-state index contributed by atoms with van der Waals surface area (Å²) < 4.78 is 12.3. The molecule has 146 valence electrons. The molecule has 5 heterocycles. The summed E-state index contributed by atoms with van der Waals surface area (Å²) in [5, 5.41) is 8.43. The predicted molar refractivity (Wildman–Crippen MR) is 101 cm³/mol. The third kappa shape index (κ3) is 3.33. The van der Waals surface area contributed by atoms with Crippen LogP contribution in [0.2, 0.25) is 0 Å². The van der Waals surface area contributed by atoms with Crippen molar-refractivity contribution in [2.45, 2.75) is 31.8 Å². The van der Waals surface area contributed by atoms with Crippen LogP contribution in [0, 0.1) is 0 Å². The molecule has 5 rings (SSSR count). The van der Waals surface area contributed by atoms with E-state index < -0.39 is 0 Å². The van der Waals surface area contributed by atoms with Crippen molar-refractivity contribution in [2.24, 2.45) is 0 Å². The molecule has 1 atom stereocenters. The molecule has 2 fully saturated rings. The normalized spacial score (nSPS) is 20.3. The molecule has 2 saturated heterocycles. The Morgan fingerprint density at radius 1 is 1.21 bits per heavy atom. The summed E-state index contributed by atoms with van der Waals surface area (Å²) >= 11 is 0. The number of hydrogen-bond acceptors (Lipinski definition) is 8. The van der Waals surface area contributed by atoms with Crippen LogP contribution in [0.3, 0.4) is 0 Å². The summed E-state index contributed by atoms with van der Waals surface area (Å²) in [5.41, 5.74) is 0.894. The Kier molecular flexibility index (Phi) is 4.44. The largest absolute Gasteiger partial charge is 0.461 e. The lowest BCUT2D eigenvalue weighted by molar-refractivity contribution is 0.144. The van der Waals surface area contributed by atoms with Crippen molar-refractivity contribution in [3.05, 3.63) is 46.9 Å². The van der Waals surface area contributed by atoms with Gasteiger partial charge in [0.1, 0.15) is 0 Å². The van der Waals surface area contributed by atoms with Gasteiger partial charge >= 0.3 is 0 Å². The van der Waals surface area contributed by atoms with Gasteiger partial charge in [0.15, 0.2) is 5.76 Å². The number of hydrogen-bond donors (Lipinski definition) is 0. The van der Waals surface area contributed by atoms with E-state index in [1.807, 2.05) is 6.20 Å². The first-order valence-electron chi connectivity index (χ1n) is 9.69. The second-order valence-electron chi connectivity index (χ2n) is 7.36. The van der Waals surface area contributed by atoms with E-state index in [-0.39, 0.29) is 11.6 Å². The van der Waals surface area contributed by atoms with Gasteiger partial charge in [0, 0.05) is 25.7 Å². The van der Waals surface area contributed by atoms with E-state index in [1.54, 1.807) is 29.1 Å². The summed E-state index contributed by atoms with van der Waals surface area (Å²) in [6, 6.07) is 5.35. The fourth-order valence-corrected chi connectivity index (χ4v) is 3.82. The van der Waals surface area contributed by atoms with E-state index in [0.29, 0.717) is 24.0 Å². The quantitative estimate of drug-likeness (QED) is 0.661. The molecule has 0 spiro atoms. The van der Waals surface area contributed by atoms with Crippen molar-refractivity contribution in [3.63, 3.8) is 0 Å². The predicted octanol–water partition coefficient (Wildman–Crippen LogP) is 1.93. The van der Waals surface area contributed by atoms with Crippen LogP contribution in [0.1, 0.15) is 31.2 Å². The highest BCUT2D eigenvalue weighted by Gasteiger charge is 2.25. The fraction of sp³-hybridized carbons (Fsp3) is 0.474. The maximum absolute atomic E-state index is 12.6. The average Bonchev–Trinajstić information content (AvgIpc) is 3.32. The Balaban J connectivity index is 1.27. The van der Waals surface area contributed by atoms with E-state index in [1.165, 1.54) is 6.42 Å². The second-order valence-corrected chi connectivity index (χ2v) is 7.36. The minimum absolute atomic E-state index is 0.0332. The number of aromatic nitrogens is 4. The maximum Gasteiger partial charge on any atom is 0.269 e. The monoisotopic (exact) mass is 382 g/mol. The molecule has 3 aromatic rings. The molecule has 9 heteroatoms. The minimum Gasteiger partial charge on any atom is -0.461 e. The maximum atomic E-state index is 12.6. The number of furan rings is 1. The number of piperidine rings is 1. The lowest BCUT2D eigenvalue weighted by Gasteiger charge is -2.34. The third-order valence-electron chi connectivity index (χ3n) is 5.43. The molecule has 0 bridgehead atoms.